The molecule has 2 aromatic heterocycles. The van der Waals surface area contributed by atoms with Crippen LogP contribution in [0.5, 0.6) is 0 Å². The summed E-state index contributed by atoms with van der Waals surface area (Å²) in [5, 5.41) is 15.6. The number of H-pyrrole nitrogens is 1. The third kappa shape index (κ3) is 5.51. The molecule has 13 heteroatoms. The molecule has 29 heavy (non-hydrogen) atoms. The summed E-state index contributed by atoms with van der Waals surface area (Å²) < 4.78 is 1.24. The van der Waals surface area contributed by atoms with Gasteiger partial charge < -0.3 is 27.4 Å². The highest BCUT2D eigenvalue weighted by atomic mass is 16.1. The molecular weight excluding hydrogens is 380 g/mol. The highest BCUT2D eigenvalue weighted by Crippen LogP contribution is 2.11. The summed E-state index contributed by atoms with van der Waals surface area (Å²) in [5.74, 6) is -0.172. The summed E-state index contributed by atoms with van der Waals surface area (Å²) in [4.78, 5) is 46.8. The van der Waals surface area contributed by atoms with E-state index in [-0.39, 0.29) is 47.6 Å². The average Bonchev–Trinajstić information content (AvgIpc) is 2.64. The molecule has 0 saturated heterocycles. The number of rotatable bonds is 10. The van der Waals surface area contributed by atoms with Gasteiger partial charge in [-0.2, -0.15) is 9.97 Å². The Morgan fingerprint density at radius 3 is 2.66 bits per heavy atom. The van der Waals surface area contributed by atoms with Crippen LogP contribution in [0.1, 0.15) is 19.8 Å². The van der Waals surface area contributed by atoms with Crippen molar-refractivity contribution in [2.24, 2.45) is 5.73 Å². The van der Waals surface area contributed by atoms with Crippen molar-refractivity contribution < 1.29 is 4.79 Å². The molecule has 0 aromatic carbocycles. The van der Waals surface area contributed by atoms with Gasteiger partial charge in [-0.15, -0.1) is 0 Å². The lowest BCUT2D eigenvalue weighted by Crippen LogP contribution is -2.40. The Balaban J connectivity index is 2.16. The molecule has 2 heterocycles. The maximum Gasteiger partial charge on any atom is 0.351 e. The van der Waals surface area contributed by atoms with Gasteiger partial charge >= 0.3 is 5.69 Å². The van der Waals surface area contributed by atoms with E-state index in [9.17, 15) is 14.4 Å². The van der Waals surface area contributed by atoms with Crippen LogP contribution in [-0.4, -0.2) is 57.4 Å². The molecule has 2 rings (SSSR count). The van der Waals surface area contributed by atoms with Gasteiger partial charge in [-0.3, -0.25) is 24.5 Å². The smallest absolute Gasteiger partial charge is 0.351 e. The lowest BCUT2D eigenvalue weighted by molar-refractivity contribution is -0.119. The third-order valence-electron chi connectivity index (χ3n) is 4.30. The number of aromatic nitrogens is 4. The first-order chi connectivity index (χ1) is 13.7. The first-order valence-corrected chi connectivity index (χ1v) is 9.04. The van der Waals surface area contributed by atoms with Crippen LogP contribution in [0, 0.1) is 5.41 Å². The highest BCUT2D eigenvalue weighted by molar-refractivity contribution is 5.85. The molecule has 2 aromatic rings. The number of hydrogen-bond donors (Lipinski definition) is 7. The molecule has 0 unspecified atom stereocenters. The van der Waals surface area contributed by atoms with Gasteiger partial charge in [-0.25, -0.2) is 4.79 Å². The summed E-state index contributed by atoms with van der Waals surface area (Å²) in [6.45, 7) is 2.36. The van der Waals surface area contributed by atoms with Crippen LogP contribution in [-0.2, 0) is 11.3 Å². The zero-order chi connectivity index (χ0) is 21.6. The van der Waals surface area contributed by atoms with Gasteiger partial charge in [0.15, 0.2) is 11.6 Å². The first-order valence-electron chi connectivity index (χ1n) is 9.04. The van der Waals surface area contributed by atoms with E-state index in [1.165, 1.54) is 11.5 Å². The summed E-state index contributed by atoms with van der Waals surface area (Å²) in [6, 6.07) is -0.420. The van der Waals surface area contributed by atoms with E-state index in [0.717, 1.165) is 0 Å². The Hall–Kier alpha value is -3.48. The van der Waals surface area contributed by atoms with Crippen molar-refractivity contribution in [3.05, 3.63) is 20.8 Å². The Kier molecular flexibility index (Phi) is 7.25. The number of nitrogens with two attached hydrogens (primary N) is 2. The van der Waals surface area contributed by atoms with Gasteiger partial charge in [0.2, 0.25) is 5.95 Å². The standard InChI is InChI=1S/C16H26N10O3/c1-8(27)9(4-3-5-22-14(18)19)21-6-7-26-12-10(11(17)23-16(26)29)13(28)25-15(20-2)24-12/h9,21H,3-7H2,1-2H3,(H2,17,23,29)(H4,18,19,22)(H2,20,24,25,28)/t9-/m0/s1. The Labute approximate surface area is 165 Å². The van der Waals surface area contributed by atoms with Crippen LogP contribution in [0.4, 0.5) is 11.8 Å². The molecular formula is C16H26N10O3. The van der Waals surface area contributed by atoms with Crippen LogP contribution < -0.4 is 38.7 Å². The second-order valence-electron chi connectivity index (χ2n) is 6.39. The van der Waals surface area contributed by atoms with E-state index in [2.05, 4.69) is 30.9 Å². The lowest BCUT2D eigenvalue weighted by Gasteiger charge is -2.17. The number of fused-ring (bicyclic) bond motifs is 1. The second kappa shape index (κ2) is 9.64. The molecule has 0 fully saturated rings. The van der Waals surface area contributed by atoms with Crippen molar-refractivity contribution in [1.82, 2.24) is 30.2 Å². The van der Waals surface area contributed by atoms with E-state index < -0.39 is 17.3 Å². The largest absolute Gasteiger partial charge is 0.383 e. The van der Waals surface area contributed by atoms with Gasteiger partial charge in [0, 0.05) is 26.7 Å². The predicted molar refractivity (Wildman–Crippen MR) is 110 cm³/mol. The number of carbonyl (C=O) groups is 1. The minimum Gasteiger partial charge on any atom is -0.383 e. The number of carbonyl (C=O) groups excluding carboxylic acids is 1. The van der Waals surface area contributed by atoms with E-state index in [0.29, 0.717) is 19.4 Å². The van der Waals surface area contributed by atoms with Crippen molar-refractivity contribution in [3.8, 4) is 0 Å². The van der Waals surface area contributed by atoms with Crippen molar-refractivity contribution in [2.75, 3.05) is 31.2 Å². The molecule has 0 aliphatic heterocycles. The molecule has 0 saturated carbocycles. The van der Waals surface area contributed by atoms with Gasteiger partial charge in [-0.1, -0.05) is 0 Å². The zero-order valence-electron chi connectivity index (χ0n) is 16.3. The number of nitrogen functional groups attached to an aromatic ring is 1. The topological polar surface area (TPSA) is 210 Å². The van der Waals surface area contributed by atoms with E-state index in [1.54, 1.807) is 7.05 Å². The number of nitrogens with zero attached hydrogens (tertiary/aromatic N) is 3. The minimum absolute atomic E-state index is 0.0297. The van der Waals surface area contributed by atoms with Crippen molar-refractivity contribution in [3.63, 3.8) is 0 Å². The summed E-state index contributed by atoms with van der Waals surface area (Å²) >= 11 is 0. The number of aromatic amines is 1. The van der Waals surface area contributed by atoms with Crippen LogP contribution in [0.15, 0.2) is 9.59 Å². The lowest BCUT2D eigenvalue weighted by atomic mass is 10.1. The molecule has 0 bridgehead atoms. The minimum atomic E-state index is -0.637. The highest BCUT2D eigenvalue weighted by Gasteiger charge is 2.16. The number of hydrogen-bond acceptors (Lipinski definition) is 9. The van der Waals surface area contributed by atoms with Crippen molar-refractivity contribution in [1.29, 1.82) is 5.41 Å². The molecule has 0 radical (unpaired) electrons. The number of Topliss-reactive ketones (excluding diaryl/α,β-unsaturated/α-hetero) is 1. The summed E-state index contributed by atoms with van der Waals surface area (Å²) in [5.41, 5.74) is 9.92. The normalized spacial score (nSPS) is 11.9. The van der Waals surface area contributed by atoms with Gasteiger partial charge in [0.05, 0.1) is 6.04 Å². The number of guanidine groups is 1. The number of anilines is 2. The zero-order valence-corrected chi connectivity index (χ0v) is 16.3. The fourth-order valence-electron chi connectivity index (χ4n) is 2.85. The van der Waals surface area contributed by atoms with Crippen LogP contribution in [0.25, 0.3) is 11.0 Å². The SMILES string of the molecule is CNc1nc2c(c(N)nc(=O)n2CCN[C@@H](CCCNC(=N)N)C(C)=O)c(=O)[nH]1. The molecule has 0 aliphatic carbocycles. The average molecular weight is 406 g/mol. The van der Waals surface area contributed by atoms with Crippen LogP contribution in [0.3, 0.4) is 0 Å². The molecule has 0 aliphatic rings. The fourth-order valence-corrected chi connectivity index (χ4v) is 2.85. The van der Waals surface area contributed by atoms with E-state index in [4.69, 9.17) is 16.9 Å². The van der Waals surface area contributed by atoms with Gasteiger partial charge in [0.1, 0.15) is 17.0 Å². The maximum absolute atomic E-state index is 12.3. The molecule has 13 nitrogen and oxygen atoms in total. The molecule has 0 spiro atoms. The Morgan fingerprint density at radius 1 is 1.31 bits per heavy atom. The first kappa shape index (κ1) is 21.8. The van der Waals surface area contributed by atoms with Gasteiger partial charge in [0.25, 0.3) is 5.56 Å². The molecule has 9 N–H and O–H groups in total. The maximum atomic E-state index is 12.3. The van der Waals surface area contributed by atoms with E-state index in [1.807, 2.05) is 0 Å². The number of nitrogens with one attached hydrogen (secondary N) is 5. The van der Waals surface area contributed by atoms with Gasteiger partial charge in [-0.05, 0) is 19.8 Å². The molecule has 158 valence electrons. The quantitative estimate of drug-likeness (QED) is 0.130. The molecule has 0 amide bonds. The second-order valence-corrected chi connectivity index (χ2v) is 6.39. The van der Waals surface area contributed by atoms with E-state index >= 15 is 0 Å². The number of ketones is 1. The summed E-state index contributed by atoms with van der Waals surface area (Å²) in [7, 11) is 1.58. The molecule has 1 atom stereocenters. The van der Waals surface area contributed by atoms with Crippen molar-refractivity contribution >= 4 is 34.5 Å². The Bertz CT molecular complexity index is 1010. The monoisotopic (exact) mass is 406 g/mol. The predicted octanol–water partition coefficient (Wildman–Crippen LogP) is -2.09. The third-order valence-corrected chi connectivity index (χ3v) is 4.30. The van der Waals surface area contributed by atoms with Crippen LogP contribution >= 0.6 is 0 Å². The Morgan fingerprint density at radius 2 is 2.03 bits per heavy atom. The summed E-state index contributed by atoms with van der Waals surface area (Å²) in [6.07, 6.45) is 1.17. The van der Waals surface area contributed by atoms with Crippen LogP contribution in [0.2, 0.25) is 0 Å². The van der Waals surface area contributed by atoms with Crippen molar-refractivity contribution in [2.45, 2.75) is 32.4 Å². The fraction of sp³-hybridized carbons (Fsp3) is 0.500.